The molecule has 0 spiro atoms. The Morgan fingerprint density at radius 1 is 1.27 bits per heavy atom. The summed E-state index contributed by atoms with van der Waals surface area (Å²) in [6, 6.07) is 4.64. The number of aromatic amines is 1. The number of thiophene rings is 1. The summed E-state index contributed by atoms with van der Waals surface area (Å²) in [6.07, 6.45) is -3.43. The number of likely N-dealkylation sites (tertiary alicyclic amines) is 1. The van der Waals surface area contributed by atoms with E-state index in [-0.39, 0.29) is 35.9 Å². The van der Waals surface area contributed by atoms with Crippen molar-refractivity contribution in [2.24, 2.45) is 13.0 Å². The smallest absolute Gasteiger partial charge is 0.346 e. The molecule has 1 aliphatic heterocycles. The van der Waals surface area contributed by atoms with E-state index >= 15 is 0 Å². The normalized spacial score (nSPS) is 19.2. The average molecular weight is 497 g/mol. The zero-order valence-electron chi connectivity index (χ0n) is 18.2. The first-order valence-electron chi connectivity index (χ1n) is 10.4. The van der Waals surface area contributed by atoms with Crippen molar-refractivity contribution in [3.05, 3.63) is 50.9 Å². The number of piperidine rings is 1. The molecular weight excluding hydrogens is 473 g/mol. The fourth-order valence-corrected chi connectivity index (χ4v) is 5.56. The SMILES string of the molecule is Cc1ccc2sc(C(=O)N3CCC(C(F)(F)F)C(NC(=O)c4c[nH]c(=S)n4C)C3)c(C)c2c1. The lowest BCUT2D eigenvalue weighted by molar-refractivity contribution is -0.190. The van der Waals surface area contributed by atoms with E-state index in [1.807, 2.05) is 32.0 Å². The van der Waals surface area contributed by atoms with Crippen LogP contribution in [0.15, 0.2) is 24.4 Å². The fraction of sp³-hybridized carbons (Fsp3) is 0.409. The monoisotopic (exact) mass is 496 g/mol. The Balaban J connectivity index is 1.60. The maximum absolute atomic E-state index is 13.7. The van der Waals surface area contributed by atoms with Crippen molar-refractivity contribution in [3.63, 3.8) is 0 Å². The molecule has 3 heterocycles. The minimum atomic E-state index is -4.50. The second-order valence-corrected chi connectivity index (χ2v) is 9.80. The van der Waals surface area contributed by atoms with Crippen LogP contribution < -0.4 is 5.32 Å². The third kappa shape index (κ3) is 4.43. The second-order valence-electron chi connectivity index (χ2n) is 8.36. The van der Waals surface area contributed by atoms with Gasteiger partial charge in [-0.2, -0.15) is 13.2 Å². The van der Waals surface area contributed by atoms with Crippen molar-refractivity contribution in [2.45, 2.75) is 32.5 Å². The third-order valence-corrected chi connectivity index (χ3v) is 7.81. The van der Waals surface area contributed by atoms with Crippen LogP contribution in [0.2, 0.25) is 0 Å². The van der Waals surface area contributed by atoms with Crippen LogP contribution in [0.25, 0.3) is 10.1 Å². The molecule has 1 saturated heterocycles. The molecule has 4 rings (SSSR count). The molecule has 2 N–H and O–H groups in total. The molecule has 1 aliphatic rings. The number of H-pyrrole nitrogens is 1. The van der Waals surface area contributed by atoms with Gasteiger partial charge in [0.25, 0.3) is 11.8 Å². The van der Waals surface area contributed by atoms with E-state index < -0.39 is 24.0 Å². The van der Waals surface area contributed by atoms with E-state index in [4.69, 9.17) is 12.2 Å². The molecular formula is C22H23F3N4O2S2. The number of nitrogens with one attached hydrogen (secondary N) is 2. The molecule has 33 heavy (non-hydrogen) atoms. The maximum atomic E-state index is 13.7. The number of fused-ring (bicyclic) bond motifs is 1. The number of imidazole rings is 1. The van der Waals surface area contributed by atoms with Crippen molar-refractivity contribution in [3.8, 4) is 0 Å². The predicted octanol–water partition coefficient (Wildman–Crippen LogP) is 4.74. The molecule has 0 aliphatic carbocycles. The van der Waals surface area contributed by atoms with Gasteiger partial charge in [-0.05, 0) is 49.5 Å². The van der Waals surface area contributed by atoms with Crippen molar-refractivity contribution in [1.29, 1.82) is 0 Å². The van der Waals surface area contributed by atoms with Crippen LogP contribution in [0.5, 0.6) is 0 Å². The summed E-state index contributed by atoms with van der Waals surface area (Å²) in [6.45, 7) is 3.56. The first-order valence-corrected chi connectivity index (χ1v) is 11.6. The van der Waals surface area contributed by atoms with Gasteiger partial charge in [0.1, 0.15) is 5.69 Å². The second kappa shape index (κ2) is 8.60. The summed E-state index contributed by atoms with van der Waals surface area (Å²) < 4.78 is 43.8. The first kappa shape index (κ1) is 23.5. The van der Waals surface area contributed by atoms with Crippen molar-refractivity contribution in [1.82, 2.24) is 19.8 Å². The number of carbonyl (C=O) groups excluding carboxylic acids is 2. The molecule has 3 aromatic rings. The zero-order chi connectivity index (χ0) is 24.1. The average Bonchev–Trinajstić information content (AvgIpc) is 3.26. The lowest BCUT2D eigenvalue weighted by Crippen LogP contribution is -2.57. The third-order valence-electron chi connectivity index (χ3n) is 6.15. The maximum Gasteiger partial charge on any atom is 0.393 e. The van der Waals surface area contributed by atoms with Gasteiger partial charge in [-0.3, -0.25) is 9.59 Å². The highest BCUT2D eigenvalue weighted by Crippen LogP contribution is 2.37. The van der Waals surface area contributed by atoms with Gasteiger partial charge < -0.3 is 19.8 Å². The van der Waals surface area contributed by atoms with E-state index in [0.717, 1.165) is 21.2 Å². The topological polar surface area (TPSA) is 70.1 Å². The van der Waals surface area contributed by atoms with Gasteiger partial charge in [0, 0.05) is 31.0 Å². The van der Waals surface area contributed by atoms with Crippen LogP contribution >= 0.6 is 23.6 Å². The minimum absolute atomic E-state index is 0.0314. The van der Waals surface area contributed by atoms with E-state index in [1.165, 1.54) is 27.0 Å². The predicted molar refractivity (Wildman–Crippen MR) is 123 cm³/mol. The largest absolute Gasteiger partial charge is 0.393 e. The van der Waals surface area contributed by atoms with Crippen LogP contribution in [0.4, 0.5) is 13.2 Å². The van der Waals surface area contributed by atoms with Gasteiger partial charge in [-0.1, -0.05) is 17.7 Å². The lowest BCUT2D eigenvalue weighted by Gasteiger charge is -2.39. The Hall–Kier alpha value is -2.66. The molecule has 2 atom stereocenters. The highest BCUT2D eigenvalue weighted by Gasteiger charge is 2.48. The summed E-state index contributed by atoms with van der Waals surface area (Å²) >= 11 is 6.37. The fourth-order valence-electron chi connectivity index (χ4n) is 4.25. The number of benzene rings is 1. The Labute approximate surface area is 197 Å². The summed E-state index contributed by atoms with van der Waals surface area (Å²) in [7, 11) is 1.55. The van der Waals surface area contributed by atoms with Gasteiger partial charge in [0.05, 0.1) is 16.8 Å². The molecule has 1 aromatic carbocycles. The van der Waals surface area contributed by atoms with Crippen molar-refractivity contribution < 1.29 is 22.8 Å². The van der Waals surface area contributed by atoms with Gasteiger partial charge in [0.15, 0.2) is 4.77 Å². The van der Waals surface area contributed by atoms with Crippen molar-refractivity contribution in [2.75, 3.05) is 13.1 Å². The van der Waals surface area contributed by atoms with Crippen molar-refractivity contribution >= 4 is 45.5 Å². The molecule has 176 valence electrons. The molecule has 6 nitrogen and oxygen atoms in total. The van der Waals surface area contributed by atoms with E-state index in [2.05, 4.69) is 10.3 Å². The van der Waals surface area contributed by atoms with Crippen LogP contribution in [0.1, 0.15) is 37.7 Å². The highest BCUT2D eigenvalue weighted by molar-refractivity contribution is 7.71. The standard InChI is InChI=1S/C22H23F3N4O2S2/c1-11-4-5-17-13(8-11)12(2)18(33-17)20(31)29-7-6-14(22(23,24)25)15(10-29)27-19(30)16-9-26-21(32)28(16)3/h4-5,8-9,14-15H,6-7,10H2,1-3H3,(H,26,32)(H,27,30). The number of carbonyl (C=O) groups is 2. The summed E-state index contributed by atoms with van der Waals surface area (Å²) in [5.74, 6) is -2.73. The zero-order valence-corrected chi connectivity index (χ0v) is 19.9. The molecule has 0 saturated carbocycles. The number of rotatable bonds is 3. The number of hydrogen-bond acceptors (Lipinski definition) is 4. The quantitative estimate of drug-likeness (QED) is 0.515. The number of nitrogens with zero attached hydrogens (tertiary/aromatic N) is 2. The lowest BCUT2D eigenvalue weighted by atomic mass is 9.90. The van der Waals surface area contributed by atoms with Crippen LogP contribution in [-0.2, 0) is 7.05 Å². The Kier molecular flexibility index (Phi) is 6.12. The van der Waals surface area contributed by atoms with Crippen LogP contribution in [-0.4, -0.2) is 51.6 Å². The van der Waals surface area contributed by atoms with Gasteiger partial charge in [-0.25, -0.2) is 0 Å². The molecule has 2 amide bonds. The number of halogens is 3. The van der Waals surface area contributed by atoms with E-state index in [0.29, 0.717) is 4.88 Å². The summed E-state index contributed by atoms with van der Waals surface area (Å²) in [5.41, 5.74) is 2.01. The van der Waals surface area contributed by atoms with E-state index in [9.17, 15) is 22.8 Å². The number of amides is 2. The number of alkyl halides is 3. The molecule has 0 radical (unpaired) electrons. The van der Waals surface area contributed by atoms with Crippen LogP contribution in [0.3, 0.4) is 0 Å². The number of aryl methyl sites for hydroxylation is 2. The highest BCUT2D eigenvalue weighted by atomic mass is 32.1. The number of hydrogen-bond donors (Lipinski definition) is 2. The number of aromatic nitrogens is 2. The first-order chi connectivity index (χ1) is 15.5. The Morgan fingerprint density at radius 2 is 2.00 bits per heavy atom. The van der Waals surface area contributed by atoms with Crippen LogP contribution in [0, 0.1) is 24.5 Å². The Bertz CT molecular complexity index is 1290. The summed E-state index contributed by atoms with van der Waals surface area (Å²) in [5, 5.41) is 3.46. The van der Waals surface area contributed by atoms with E-state index in [1.54, 1.807) is 7.05 Å². The van der Waals surface area contributed by atoms with Gasteiger partial charge in [-0.15, -0.1) is 11.3 Å². The van der Waals surface area contributed by atoms with Gasteiger partial charge in [0.2, 0.25) is 0 Å². The molecule has 1 fully saturated rings. The molecule has 11 heteroatoms. The van der Waals surface area contributed by atoms with Gasteiger partial charge >= 0.3 is 6.18 Å². The summed E-state index contributed by atoms with van der Waals surface area (Å²) in [4.78, 5) is 30.6. The molecule has 0 bridgehead atoms. The molecule has 2 unspecified atom stereocenters. The minimum Gasteiger partial charge on any atom is -0.346 e. The molecule has 2 aromatic heterocycles. The Morgan fingerprint density at radius 3 is 2.64 bits per heavy atom.